The summed E-state index contributed by atoms with van der Waals surface area (Å²) in [5.74, 6) is -1.83. The van der Waals surface area contributed by atoms with Crippen LogP contribution in [0, 0.1) is 6.92 Å². The summed E-state index contributed by atoms with van der Waals surface area (Å²) in [5, 5.41) is 15.2. The van der Waals surface area contributed by atoms with E-state index in [0.29, 0.717) is 5.56 Å². The summed E-state index contributed by atoms with van der Waals surface area (Å²) in [6, 6.07) is -1.01. The van der Waals surface area contributed by atoms with Gasteiger partial charge >= 0.3 is 18.0 Å². The third-order valence-corrected chi connectivity index (χ3v) is 5.83. The van der Waals surface area contributed by atoms with Crippen molar-refractivity contribution in [2.24, 2.45) is 0 Å². The first-order valence-electron chi connectivity index (χ1n) is 10.4. The molecule has 188 valence electrons. The number of benzene rings is 1. The highest BCUT2D eigenvalue weighted by Gasteiger charge is 2.32. The first-order chi connectivity index (χ1) is 15.9. The summed E-state index contributed by atoms with van der Waals surface area (Å²) < 4.78 is 20.7. The summed E-state index contributed by atoms with van der Waals surface area (Å²) in [5.41, 5.74) is -0.0298. The van der Waals surface area contributed by atoms with Gasteiger partial charge in [0.25, 0.3) is 0 Å². The lowest BCUT2D eigenvalue weighted by atomic mass is 10.0. The van der Waals surface area contributed by atoms with Crippen LogP contribution in [0.15, 0.2) is 6.07 Å². The highest BCUT2D eigenvalue weighted by molar-refractivity contribution is 7.98. The largest absolute Gasteiger partial charge is 0.508 e. The Kier molecular flexibility index (Phi) is 9.02. The van der Waals surface area contributed by atoms with Gasteiger partial charge in [0.05, 0.1) is 19.8 Å². The van der Waals surface area contributed by atoms with Gasteiger partial charge in [-0.25, -0.2) is 14.4 Å². The number of hydrogen-bond acceptors (Lipinski definition) is 10. The van der Waals surface area contributed by atoms with E-state index in [4.69, 9.17) is 18.9 Å². The van der Waals surface area contributed by atoms with Crippen LogP contribution in [0.5, 0.6) is 11.5 Å². The number of alkyl carbamates (subject to hydrolysis) is 1. The molecule has 2 rings (SSSR count). The SMILES string of the molecule is COC(=O)[C@@H]1CSCc2c(OC)cc(O)c(C)c2C(=O)OCC(NC(=O)OC(C)(C)C)C(=O)N1. The molecule has 0 saturated carbocycles. The number of phenolic OH excluding ortho intramolecular Hbond substituents is 1. The molecule has 1 aliphatic heterocycles. The average Bonchev–Trinajstić information content (AvgIpc) is 2.75. The van der Waals surface area contributed by atoms with Gasteiger partial charge in [-0.3, -0.25) is 4.79 Å². The predicted octanol–water partition coefficient (Wildman–Crippen LogP) is 1.66. The smallest absolute Gasteiger partial charge is 0.408 e. The second kappa shape index (κ2) is 11.3. The summed E-state index contributed by atoms with van der Waals surface area (Å²) in [6.45, 7) is 5.95. The third-order valence-electron chi connectivity index (χ3n) is 4.77. The molecule has 0 radical (unpaired) electrons. The zero-order valence-electron chi connectivity index (χ0n) is 20.0. The number of amides is 2. The van der Waals surface area contributed by atoms with Crippen molar-refractivity contribution in [3.63, 3.8) is 0 Å². The van der Waals surface area contributed by atoms with Gasteiger partial charge in [0.1, 0.15) is 35.8 Å². The van der Waals surface area contributed by atoms with Gasteiger partial charge in [0, 0.05) is 28.7 Å². The number of carbonyl (C=O) groups is 4. The second-order valence-corrected chi connectivity index (χ2v) is 9.50. The molecular formula is C22H30N2O9S. The van der Waals surface area contributed by atoms with Gasteiger partial charge < -0.3 is 34.7 Å². The number of nitrogens with one attached hydrogen (secondary N) is 2. The maximum atomic E-state index is 13.0. The second-order valence-electron chi connectivity index (χ2n) is 8.47. The molecule has 1 aromatic carbocycles. The number of methoxy groups -OCH3 is 2. The molecular weight excluding hydrogens is 468 g/mol. The number of fused-ring (bicyclic) bond motifs is 1. The fourth-order valence-electron chi connectivity index (χ4n) is 3.12. The lowest BCUT2D eigenvalue weighted by Gasteiger charge is -2.25. The van der Waals surface area contributed by atoms with Crippen molar-refractivity contribution in [3.8, 4) is 11.5 Å². The zero-order chi connectivity index (χ0) is 25.6. The van der Waals surface area contributed by atoms with E-state index in [-0.39, 0.29) is 34.1 Å². The lowest BCUT2D eigenvalue weighted by Crippen LogP contribution is -2.55. The fraction of sp³-hybridized carbons (Fsp3) is 0.545. The quantitative estimate of drug-likeness (QED) is 0.415. The molecule has 3 N–H and O–H groups in total. The van der Waals surface area contributed by atoms with Crippen LogP contribution in [0.4, 0.5) is 4.79 Å². The maximum absolute atomic E-state index is 13.0. The number of cyclic esters (lactones) is 1. The van der Waals surface area contributed by atoms with Crippen LogP contribution in [0.2, 0.25) is 0 Å². The Hall–Kier alpha value is -3.15. The Morgan fingerprint density at radius 3 is 2.53 bits per heavy atom. The van der Waals surface area contributed by atoms with Gasteiger partial charge in [-0.2, -0.15) is 11.8 Å². The van der Waals surface area contributed by atoms with E-state index in [9.17, 15) is 24.3 Å². The number of aromatic hydroxyl groups is 1. The van der Waals surface area contributed by atoms with E-state index in [1.165, 1.54) is 32.0 Å². The van der Waals surface area contributed by atoms with Crippen LogP contribution in [0.25, 0.3) is 0 Å². The van der Waals surface area contributed by atoms with Crippen LogP contribution in [0.1, 0.15) is 42.3 Å². The monoisotopic (exact) mass is 498 g/mol. The standard InChI is InChI=1S/C22H30N2O9S/c1-11-15(25)7-16(30-5)12-9-34-10-14(19(27)31-6)23-18(26)13(8-32-20(28)17(11)12)24-21(29)33-22(2,3)4/h7,13-14,25H,8-10H2,1-6H3,(H,23,26)(H,24,29)/t13?,14-/m0/s1. The molecule has 1 heterocycles. The Bertz CT molecular complexity index is 959. The number of carbonyl (C=O) groups excluding carboxylic acids is 4. The highest BCUT2D eigenvalue weighted by Crippen LogP contribution is 2.35. The van der Waals surface area contributed by atoms with E-state index in [1.807, 2.05) is 0 Å². The van der Waals surface area contributed by atoms with E-state index < -0.39 is 48.2 Å². The molecule has 1 aromatic rings. The van der Waals surface area contributed by atoms with Crippen molar-refractivity contribution in [2.45, 2.75) is 51.1 Å². The number of rotatable bonds is 3. The number of esters is 2. The van der Waals surface area contributed by atoms with Crippen LogP contribution < -0.4 is 15.4 Å². The Morgan fingerprint density at radius 2 is 1.94 bits per heavy atom. The fourth-order valence-corrected chi connectivity index (χ4v) is 4.19. The third kappa shape index (κ3) is 6.92. The summed E-state index contributed by atoms with van der Waals surface area (Å²) >= 11 is 1.24. The molecule has 0 fully saturated rings. The molecule has 11 nitrogen and oxygen atoms in total. The van der Waals surface area contributed by atoms with Crippen molar-refractivity contribution < 1.29 is 43.2 Å². The molecule has 2 atom stereocenters. The molecule has 2 amide bonds. The molecule has 0 bridgehead atoms. The molecule has 34 heavy (non-hydrogen) atoms. The summed E-state index contributed by atoms with van der Waals surface area (Å²) in [7, 11) is 2.59. The number of hydrogen-bond donors (Lipinski definition) is 3. The van der Waals surface area contributed by atoms with E-state index >= 15 is 0 Å². The van der Waals surface area contributed by atoms with E-state index in [0.717, 1.165) is 0 Å². The van der Waals surface area contributed by atoms with Crippen LogP contribution in [-0.2, 0) is 29.6 Å². The van der Waals surface area contributed by atoms with Gasteiger partial charge in [-0.15, -0.1) is 0 Å². The Balaban J connectivity index is 2.46. The van der Waals surface area contributed by atoms with Gasteiger partial charge in [-0.1, -0.05) is 0 Å². The molecule has 0 aromatic heterocycles. The van der Waals surface area contributed by atoms with Crippen molar-refractivity contribution >= 4 is 35.7 Å². The van der Waals surface area contributed by atoms with Crippen molar-refractivity contribution in [3.05, 3.63) is 22.8 Å². The van der Waals surface area contributed by atoms with Crippen LogP contribution in [-0.4, -0.2) is 73.3 Å². The molecule has 1 aliphatic rings. The molecule has 1 unspecified atom stereocenters. The predicted molar refractivity (Wildman–Crippen MR) is 123 cm³/mol. The minimum absolute atomic E-state index is 0.0796. The lowest BCUT2D eigenvalue weighted by molar-refractivity contribution is -0.144. The number of ether oxygens (including phenoxy) is 4. The van der Waals surface area contributed by atoms with E-state index in [2.05, 4.69) is 10.6 Å². The number of thioether (sulfide) groups is 1. The zero-order valence-corrected chi connectivity index (χ0v) is 20.8. The normalized spacial score (nSPS) is 19.4. The van der Waals surface area contributed by atoms with Crippen molar-refractivity contribution in [1.29, 1.82) is 0 Å². The molecule has 0 saturated heterocycles. The number of phenols is 1. The molecule has 12 heteroatoms. The van der Waals surface area contributed by atoms with Crippen LogP contribution in [0.3, 0.4) is 0 Å². The first-order valence-corrected chi connectivity index (χ1v) is 11.6. The first kappa shape index (κ1) is 27.1. The minimum Gasteiger partial charge on any atom is -0.508 e. The Labute approximate surface area is 201 Å². The molecule has 0 aliphatic carbocycles. The van der Waals surface area contributed by atoms with Gasteiger partial charge in [0.2, 0.25) is 5.91 Å². The molecule has 0 spiro atoms. The summed E-state index contributed by atoms with van der Waals surface area (Å²) in [4.78, 5) is 50.4. The van der Waals surface area contributed by atoms with Gasteiger partial charge in [0.15, 0.2) is 0 Å². The topological polar surface area (TPSA) is 149 Å². The summed E-state index contributed by atoms with van der Waals surface area (Å²) in [6.07, 6.45) is -0.907. The van der Waals surface area contributed by atoms with Crippen molar-refractivity contribution in [2.75, 3.05) is 26.6 Å². The van der Waals surface area contributed by atoms with Crippen LogP contribution >= 0.6 is 11.8 Å². The van der Waals surface area contributed by atoms with Crippen molar-refractivity contribution in [1.82, 2.24) is 10.6 Å². The maximum Gasteiger partial charge on any atom is 0.408 e. The highest BCUT2D eigenvalue weighted by atomic mass is 32.2. The average molecular weight is 499 g/mol. The van der Waals surface area contributed by atoms with E-state index in [1.54, 1.807) is 27.7 Å². The van der Waals surface area contributed by atoms with Gasteiger partial charge in [-0.05, 0) is 27.7 Å². The Morgan fingerprint density at radius 1 is 1.26 bits per heavy atom. The minimum atomic E-state index is -1.36.